The molecule has 0 aromatic heterocycles. The van der Waals surface area contributed by atoms with Crippen LogP contribution in [0.3, 0.4) is 0 Å². The molecule has 186 valence electrons. The van der Waals surface area contributed by atoms with Crippen LogP contribution in [0.1, 0.15) is 30.5 Å². The second-order valence-corrected chi connectivity index (χ2v) is 9.63. The van der Waals surface area contributed by atoms with Crippen LogP contribution in [-0.4, -0.2) is 47.6 Å². The largest absolute Gasteiger partial charge is 0.365 e. The van der Waals surface area contributed by atoms with Crippen LogP contribution in [-0.2, 0) is 16.9 Å². The molecule has 2 N–H and O–H groups in total. The van der Waals surface area contributed by atoms with E-state index >= 15 is 0 Å². The van der Waals surface area contributed by atoms with Crippen LogP contribution in [0.15, 0.2) is 72.8 Å². The molecule has 2 aliphatic heterocycles. The van der Waals surface area contributed by atoms with E-state index in [4.69, 9.17) is 0 Å². The number of anilines is 3. The van der Waals surface area contributed by atoms with Crippen molar-refractivity contribution < 1.29 is 14.7 Å². The molecule has 3 aromatic rings. The van der Waals surface area contributed by atoms with E-state index in [2.05, 4.69) is 55.3 Å². The molecule has 2 aliphatic rings. The second kappa shape index (κ2) is 9.32. The summed E-state index contributed by atoms with van der Waals surface area (Å²) in [5.41, 5.74) is 2.50. The third-order valence-corrected chi connectivity index (χ3v) is 7.25. The van der Waals surface area contributed by atoms with Crippen LogP contribution in [0, 0.1) is 6.92 Å². The maximum atomic E-state index is 14.2. The van der Waals surface area contributed by atoms with Crippen LogP contribution in [0.5, 0.6) is 0 Å². The summed E-state index contributed by atoms with van der Waals surface area (Å²) < 4.78 is 0. The van der Waals surface area contributed by atoms with E-state index in [1.807, 2.05) is 12.1 Å². The van der Waals surface area contributed by atoms with Gasteiger partial charge in [-0.2, -0.15) is 0 Å². The first-order valence-electron chi connectivity index (χ1n) is 12.5. The van der Waals surface area contributed by atoms with Crippen molar-refractivity contribution in [2.45, 2.75) is 39.0 Å². The standard InChI is InChI=1S/C29H32N4O3/c1-4-22-11-15-24(16-12-22)33-28(35)30-26-8-6-5-7-25(26)29(33,36)27(34)31-17-18-32(21(3)19-31)23-13-9-20(2)10-14-23/h5-16,21,36H,4,17-19H2,1-3H3,(H,30,35)/t21-,29+/m1/s1. The number of fused-ring (bicyclic) bond motifs is 1. The number of nitrogens with zero attached hydrogens (tertiary/aromatic N) is 3. The number of carbonyl (C=O) groups is 2. The van der Waals surface area contributed by atoms with Gasteiger partial charge in [0.15, 0.2) is 0 Å². The molecular weight excluding hydrogens is 452 g/mol. The predicted molar refractivity (Wildman–Crippen MR) is 142 cm³/mol. The lowest BCUT2D eigenvalue weighted by Gasteiger charge is -2.47. The fourth-order valence-electron chi connectivity index (χ4n) is 5.21. The molecule has 3 aromatic carbocycles. The van der Waals surface area contributed by atoms with Gasteiger partial charge >= 0.3 is 6.03 Å². The summed E-state index contributed by atoms with van der Waals surface area (Å²) in [5.74, 6) is -0.500. The Hall–Kier alpha value is -3.84. The number of benzene rings is 3. The van der Waals surface area contributed by atoms with Crippen molar-refractivity contribution in [2.24, 2.45) is 0 Å². The summed E-state index contributed by atoms with van der Waals surface area (Å²) in [6.07, 6.45) is 0.849. The van der Waals surface area contributed by atoms with E-state index in [9.17, 15) is 14.7 Å². The molecular formula is C29H32N4O3. The third kappa shape index (κ3) is 3.99. The van der Waals surface area contributed by atoms with Gasteiger partial charge < -0.3 is 20.2 Å². The second-order valence-electron chi connectivity index (χ2n) is 9.63. The average molecular weight is 485 g/mol. The van der Waals surface area contributed by atoms with E-state index in [0.29, 0.717) is 36.6 Å². The molecule has 1 fully saturated rings. The first kappa shape index (κ1) is 23.9. The first-order valence-corrected chi connectivity index (χ1v) is 12.5. The molecule has 0 saturated carbocycles. The van der Waals surface area contributed by atoms with Crippen LogP contribution >= 0.6 is 0 Å². The fourth-order valence-corrected chi connectivity index (χ4v) is 5.21. The fraction of sp³-hybridized carbons (Fsp3) is 0.310. The highest BCUT2D eigenvalue weighted by Crippen LogP contribution is 2.41. The maximum absolute atomic E-state index is 14.2. The van der Waals surface area contributed by atoms with Crippen LogP contribution < -0.4 is 15.1 Å². The number of para-hydroxylation sites is 1. The zero-order valence-corrected chi connectivity index (χ0v) is 20.9. The Kier molecular flexibility index (Phi) is 6.18. The molecule has 36 heavy (non-hydrogen) atoms. The van der Waals surface area contributed by atoms with Gasteiger partial charge in [0.25, 0.3) is 11.6 Å². The molecule has 0 radical (unpaired) electrons. The molecule has 2 atom stereocenters. The van der Waals surface area contributed by atoms with Crippen molar-refractivity contribution in [2.75, 3.05) is 34.8 Å². The summed E-state index contributed by atoms with van der Waals surface area (Å²) in [6.45, 7) is 7.69. The van der Waals surface area contributed by atoms with Crippen molar-refractivity contribution >= 4 is 29.0 Å². The lowest BCUT2D eigenvalue weighted by molar-refractivity contribution is -0.152. The molecule has 1 saturated heterocycles. The number of hydrogen-bond acceptors (Lipinski definition) is 4. The minimum Gasteiger partial charge on any atom is -0.365 e. The minimum atomic E-state index is -2.17. The van der Waals surface area contributed by atoms with Crippen molar-refractivity contribution in [3.63, 3.8) is 0 Å². The van der Waals surface area contributed by atoms with Gasteiger partial charge in [0, 0.05) is 42.6 Å². The Labute approximate surface area is 211 Å². The molecule has 7 nitrogen and oxygen atoms in total. The van der Waals surface area contributed by atoms with E-state index in [1.165, 1.54) is 10.5 Å². The molecule has 5 rings (SSSR count). The normalized spacial score (nSPS) is 21.7. The van der Waals surface area contributed by atoms with Gasteiger partial charge in [-0.05, 0) is 56.2 Å². The van der Waals surface area contributed by atoms with Crippen LogP contribution in [0.2, 0.25) is 0 Å². The van der Waals surface area contributed by atoms with Crippen molar-refractivity contribution in [3.05, 3.63) is 89.5 Å². The van der Waals surface area contributed by atoms with Crippen molar-refractivity contribution in [3.8, 4) is 0 Å². The number of urea groups is 1. The minimum absolute atomic E-state index is 0.0407. The molecule has 2 heterocycles. The monoisotopic (exact) mass is 484 g/mol. The quantitative estimate of drug-likeness (QED) is 0.572. The number of hydrogen-bond donors (Lipinski definition) is 2. The van der Waals surface area contributed by atoms with Gasteiger partial charge in [-0.1, -0.05) is 55.0 Å². The van der Waals surface area contributed by atoms with Crippen LogP contribution in [0.25, 0.3) is 0 Å². The molecule has 0 spiro atoms. The number of aliphatic hydroxyl groups is 1. The maximum Gasteiger partial charge on any atom is 0.329 e. The predicted octanol–water partition coefficient (Wildman–Crippen LogP) is 4.49. The Balaban J connectivity index is 1.50. The van der Waals surface area contributed by atoms with Gasteiger partial charge in [0.2, 0.25) is 0 Å². The zero-order valence-electron chi connectivity index (χ0n) is 20.9. The summed E-state index contributed by atoms with van der Waals surface area (Å²) in [4.78, 5) is 32.6. The highest BCUT2D eigenvalue weighted by molar-refractivity contribution is 6.11. The SMILES string of the molecule is CCc1ccc(N2C(=O)Nc3ccccc3[C@]2(O)C(=O)N2CCN(c3ccc(C)cc3)[C@H](C)C2)cc1. The van der Waals surface area contributed by atoms with Crippen molar-refractivity contribution in [1.29, 1.82) is 0 Å². The van der Waals surface area contributed by atoms with Gasteiger partial charge in [0.05, 0.1) is 5.69 Å². The molecule has 7 heteroatoms. The lowest BCUT2D eigenvalue weighted by Crippen LogP contribution is -2.66. The highest BCUT2D eigenvalue weighted by Gasteiger charge is 2.54. The molecule has 0 aliphatic carbocycles. The molecule has 3 amide bonds. The summed E-state index contributed by atoms with van der Waals surface area (Å²) in [5, 5.41) is 15.1. The molecule has 0 bridgehead atoms. The third-order valence-electron chi connectivity index (χ3n) is 7.25. The highest BCUT2D eigenvalue weighted by atomic mass is 16.3. The smallest absolute Gasteiger partial charge is 0.329 e. The van der Waals surface area contributed by atoms with Crippen molar-refractivity contribution in [1.82, 2.24) is 4.90 Å². The van der Waals surface area contributed by atoms with E-state index < -0.39 is 17.7 Å². The van der Waals surface area contributed by atoms with E-state index in [1.54, 1.807) is 41.3 Å². The summed E-state index contributed by atoms with van der Waals surface area (Å²) >= 11 is 0. The number of nitrogens with one attached hydrogen (secondary N) is 1. The van der Waals surface area contributed by atoms with E-state index in [0.717, 1.165) is 17.7 Å². The molecule has 0 unspecified atom stereocenters. The Morgan fingerprint density at radius 2 is 1.67 bits per heavy atom. The van der Waals surface area contributed by atoms with E-state index in [-0.39, 0.29) is 6.04 Å². The number of amides is 3. The lowest BCUT2D eigenvalue weighted by atomic mass is 9.93. The first-order chi connectivity index (χ1) is 17.3. The summed E-state index contributed by atoms with van der Waals surface area (Å²) in [6, 6.07) is 22.2. The Bertz CT molecular complexity index is 1270. The zero-order chi connectivity index (χ0) is 25.4. The number of rotatable bonds is 4. The summed E-state index contributed by atoms with van der Waals surface area (Å²) in [7, 11) is 0. The number of piperazine rings is 1. The van der Waals surface area contributed by atoms with Gasteiger partial charge in [-0.3, -0.25) is 9.69 Å². The van der Waals surface area contributed by atoms with Crippen LogP contribution in [0.4, 0.5) is 21.9 Å². The Morgan fingerprint density at radius 1 is 1.00 bits per heavy atom. The topological polar surface area (TPSA) is 76.1 Å². The van der Waals surface area contributed by atoms with Gasteiger partial charge in [-0.15, -0.1) is 0 Å². The van der Waals surface area contributed by atoms with Gasteiger partial charge in [0.1, 0.15) is 0 Å². The number of aryl methyl sites for hydroxylation is 2. The average Bonchev–Trinajstić information content (AvgIpc) is 2.89. The Morgan fingerprint density at radius 3 is 2.33 bits per heavy atom. The number of carbonyl (C=O) groups excluding carboxylic acids is 2. The van der Waals surface area contributed by atoms with Gasteiger partial charge in [-0.25, -0.2) is 4.79 Å².